The quantitative estimate of drug-likeness (QED) is 0.407. The molecule has 0 saturated carbocycles. The number of allylic oxidation sites excluding steroid dienone is 1. The number of halogens is 1. The van der Waals surface area contributed by atoms with E-state index in [1.54, 1.807) is 12.1 Å². The summed E-state index contributed by atoms with van der Waals surface area (Å²) in [6, 6.07) is 25.6. The van der Waals surface area contributed by atoms with Gasteiger partial charge in [-0.15, -0.1) is 0 Å². The van der Waals surface area contributed by atoms with E-state index in [1.807, 2.05) is 72.5 Å². The second-order valence-electron chi connectivity index (χ2n) is 7.39. The number of nitrogens with one attached hydrogen (secondary N) is 1. The molecule has 1 aromatic heterocycles. The molecule has 0 aliphatic carbocycles. The Morgan fingerprint density at radius 1 is 0.938 bits per heavy atom. The molecule has 0 spiro atoms. The van der Waals surface area contributed by atoms with Crippen molar-refractivity contribution in [2.24, 2.45) is 0 Å². The molecule has 4 aromatic rings. The first kappa shape index (κ1) is 20.1. The Kier molecular flexibility index (Phi) is 5.25. The van der Waals surface area contributed by atoms with E-state index < -0.39 is 0 Å². The van der Waals surface area contributed by atoms with E-state index in [9.17, 15) is 4.39 Å². The largest absolute Gasteiger partial charge is 0.351 e. The third-order valence-corrected chi connectivity index (χ3v) is 5.69. The molecular formula is C25H19FN4OS. The zero-order chi connectivity index (χ0) is 22.1. The lowest BCUT2D eigenvalue weighted by atomic mass is 9.94. The summed E-state index contributed by atoms with van der Waals surface area (Å²) >= 11 is 5.70. The van der Waals surface area contributed by atoms with E-state index in [1.165, 1.54) is 12.1 Å². The molecule has 32 heavy (non-hydrogen) atoms. The second kappa shape index (κ2) is 8.36. The molecule has 1 aliphatic rings. The smallest absolute Gasteiger partial charge is 0.258 e. The van der Waals surface area contributed by atoms with Crippen molar-refractivity contribution in [1.82, 2.24) is 15.5 Å². The number of anilines is 1. The molecule has 7 heteroatoms. The lowest BCUT2D eigenvalue weighted by Crippen LogP contribution is -2.46. The van der Waals surface area contributed by atoms with Crippen LogP contribution in [0.5, 0.6) is 0 Å². The Morgan fingerprint density at radius 2 is 1.59 bits per heavy atom. The van der Waals surface area contributed by atoms with Gasteiger partial charge < -0.3 is 9.84 Å². The average molecular weight is 443 g/mol. The van der Waals surface area contributed by atoms with E-state index in [0.29, 0.717) is 16.8 Å². The van der Waals surface area contributed by atoms with Crippen LogP contribution in [0.3, 0.4) is 0 Å². The van der Waals surface area contributed by atoms with Crippen LogP contribution in [0.25, 0.3) is 17.0 Å². The third kappa shape index (κ3) is 3.67. The zero-order valence-electron chi connectivity index (χ0n) is 17.2. The maximum absolute atomic E-state index is 13.5. The Bertz CT molecular complexity index is 1290. The standard InChI is InChI=1S/C25H19FN4OS/c1-16-21(24-28-23(29-31-24)18-10-6-3-7-11-18)22(17-8-4-2-5-9-17)27-25(32)30(16)20-14-12-19(26)13-15-20/h2-15,22H,1H3,(H,27,32). The van der Waals surface area contributed by atoms with Gasteiger partial charge in [0.2, 0.25) is 5.82 Å². The van der Waals surface area contributed by atoms with Crippen LogP contribution in [-0.2, 0) is 0 Å². The lowest BCUT2D eigenvalue weighted by Gasteiger charge is -2.37. The van der Waals surface area contributed by atoms with Gasteiger partial charge in [0.1, 0.15) is 5.82 Å². The minimum Gasteiger partial charge on any atom is -0.351 e. The third-order valence-electron chi connectivity index (χ3n) is 5.39. The highest BCUT2D eigenvalue weighted by Crippen LogP contribution is 2.39. The molecular weight excluding hydrogens is 423 g/mol. The van der Waals surface area contributed by atoms with Crippen molar-refractivity contribution in [3.8, 4) is 11.4 Å². The number of hydrogen-bond donors (Lipinski definition) is 1. The van der Waals surface area contributed by atoms with Crippen LogP contribution in [0.1, 0.15) is 24.4 Å². The number of nitrogens with zero attached hydrogens (tertiary/aromatic N) is 3. The van der Waals surface area contributed by atoms with Crippen molar-refractivity contribution in [2.45, 2.75) is 13.0 Å². The molecule has 0 saturated heterocycles. The highest BCUT2D eigenvalue weighted by atomic mass is 32.1. The lowest BCUT2D eigenvalue weighted by molar-refractivity contribution is 0.404. The summed E-state index contributed by atoms with van der Waals surface area (Å²) in [6.45, 7) is 1.95. The monoisotopic (exact) mass is 442 g/mol. The topological polar surface area (TPSA) is 54.2 Å². The van der Waals surface area contributed by atoms with E-state index in [-0.39, 0.29) is 11.9 Å². The van der Waals surface area contributed by atoms with Crippen LogP contribution < -0.4 is 10.2 Å². The van der Waals surface area contributed by atoms with E-state index in [0.717, 1.165) is 28.1 Å². The molecule has 158 valence electrons. The van der Waals surface area contributed by atoms with Crippen molar-refractivity contribution in [1.29, 1.82) is 0 Å². The first-order valence-electron chi connectivity index (χ1n) is 10.1. The van der Waals surface area contributed by atoms with Crippen LogP contribution in [0.2, 0.25) is 0 Å². The minimum atomic E-state index is -0.307. The average Bonchev–Trinajstić information content (AvgIpc) is 3.31. The number of aromatic nitrogens is 2. The van der Waals surface area contributed by atoms with Crippen LogP contribution in [-0.4, -0.2) is 15.3 Å². The first-order chi connectivity index (χ1) is 15.6. The molecule has 1 aliphatic heterocycles. The molecule has 1 N–H and O–H groups in total. The van der Waals surface area contributed by atoms with E-state index >= 15 is 0 Å². The van der Waals surface area contributed by atoms with Crippen LogP contribution >= 0.6 is 12.2 Å². The molecule has 0 amide bonds. The molecule has 3 aromatic carbocycles. The van der Waals surface area contributed by atoms with Gasteiger partial charge in [-0.1, -0.05) is 65.8 Å². The molecule has 1 atom stereocenters. The first-order valence-corrected chi connectivity index (χ1v) is 10.5. The van der Waals surface area contributed by atoms with Crippen molar-refractivity contribution in [2.75, 3.05) is 4.90 Å². The van der Waals surface area contributed by atoms with Gasteiger partial charge >= 0.3 is 0 Å². The Balaban J connectivity index is 1.65. The number of thiocarbonyl (C=S) groups is 1. The highest BCUT2D eigenvalue weighted by Gasteiger charge is 2.34. The zero-order valence-corrected chi connectivity index (χ0v) is 18.0. The molecule has 1 unspecified atom stereocenters. The summed E-state index contributed by atoms with van der Waals surface area (Å²) in [7, 11) is 0. The minimum absolute atomic E-state index is 0.274. The van der Waals surface area contributed by atoms with Crippen LogP contribution in [0.15, 0.2) is 95.1 Å². The van der Waals surface area contributed by atoms with Crippen molar-refractivity contribution >= 4 is 28.6 Å². The predicted molar refractivity (Wildman–Crippen MR) is 126 cm³/mol. The van der Waals surface area contributed by atoms with Gasteiger partial charge in [0.15, 0.2) is 5.11 Å². The molecule has 0 radical (unpaired) electrons. The number of rotatable bonds is 4. The van der Waals surface area contributed by atoms with Gasteiger partial charge in [-0.25, -0.2) is 4.39 Å². The maximum atomic E-state index is 13.5. The van der Waals surface area contributed by atoms with Crippen LogP contribution in [0, 0.1) is 5.82 Å². The normalized spacial score (nSPS) is 16.2. The molecule has 0 fully saturated rings. The van der Waals surface area contributed by atoms with Crippen molar-refractivity contribution in [3.63, 3.8) is 0 Å². The Hall–Kier alpha value is -3.84. The summed E-state index contributed by atoms with van der Waals surface area (Å²) in [5.41, 5.74) is 4.27. The highest BCUT2D eigenvalue weighted by molar-refractivity contribution is 7.80. The Labute approximate surface area is 190 Å². The van der Waals surface area contributed by atoms with Gasteiger partial charge in [-0.2, -0.15) is 4.98 Å². The molecule has 5 nitrogen and oxygen atoms in total. The molecule has 5 rings (SSSR count). The number of hydrogen-bond acceptors (Lipinski definition) is 4. The summed E-state index contributed by atoms with van der Waals surface area (Å²) in [5, 5.41) is 8.11. The van der Waals surface area contributed by atoms with Crippen molar-refractivity contribution < 1.29 is 8.91 Å². The summed E-state index contributed by atoms with van der Waals surface area (Å²) in [5.74, 6) is 0.601. The fourth-order valence-electron chi connectivity index (χ4n) is 3.85. The maximum Gasteiger partial charge on any atom is 0.258 e. The summed E-state index contributed by atoms with van der Waals surface area (Å²) in [6.07, 6.45) is 0. The fraction of sp³-hybridized carbons (Fsp3) is 0.0800. The van der Waals surface area contributed by atoms with Gasteiger partial charge in [0.05, 0.1) is 11.6 Å². The number of benzene rings is 3. The summed E-state index contributed by atoms with van der Waals surface area (Å²) in [4.78, 5) is 6.55. The predicted octanol–water partition coefficient (Wildman–Crippen LogP) is 5.74. The Morgan fingerprint density at radius 3 is 2.28 bits per heavy atom. The van der Waals surface area contributed by atoms with E-state index in [4.69, 9.17) is 21.7 Å². The SMILES string of the molecule is CC1=C(c2nc(-c3ccccc3)no2)C(c2ccccc2)NC(=S)N1c1ccc(F)cc1. The van der Waals surface area contributed by atoms with Crippen LogP contribution in [0.4, 0.5) is 10.1 Å². The van der Waals surface area contributed by atoms with Gasteiger partial charge in [-0.3, -0.25) is 4.90 Å². The molecule has 2 heterocycles. The summed E-state index contributed by atoms with van der Waals surface area (Å²) < 4.78 is 19.3. The van der Waals surface area contributed by atoms with Gasteiger partial charge in [0, 0.05) is 16.9 Å². The van der Waals surface area contributed by atoms with E-state index in [2.05, 4.69) is 10.5 Å². The second-order valence-corrected chi connectivity index (χ2v) is 7.78. The van der Waals surface area contributed by atoms with Gasteiger partial charge in [0.25, 0.3) is 5.89 Å². The fourth-order valence-corrected chi connectivity index (χ4v) is 4.21. The molecule has 0 bridgehead atoms. The van der Waals surface area contributed by atoms with Gasteiger partial charge in [-0.05, 0) is 49.0 Å². The van der Waals surface area contributed by atoms with Crippen molar-refractivity contribution in [3.05, 3.63) is 108 Å².